The third-order valence-electron chi connectivity index (χ3n) is 4.09. The van der Waals surface area contributed by atoms with Crippen molar-refractivity contribution in [1.82, 2.24) is 0 Å². The van der Waals surface area contributed by atoms with Crippen molar-refractivity contribution >= 4 is 5.97 Å². The van der Waals surface area contributed by atoms with E-state index in [1.807, 2.05) is 19.9 Å². The minimum atomic E-state index is -1.02. The zero-order valence-electron chi connectivity index (χ0n) is 12.4. The molecule has 1 fully saturated rings. The predicted molar refractivity (Wildman–Crippen MR) is 76.7 cm³/mol. The predicted octanol–water partition coefficient (Wildman–Crippen LogP) is 3.38. The average Bonchev–Trinajstić information content (AvgIpc) is 2.65. The molecule has 108 valence electrons. The van der Waals surface area contributed by atoms with Gasteiger partial charge in [-0.2, -0.15) is 0 Å². The Morgan fingerprint density at radius 1 is 1.37 bits per heavy atom. The van der Waals surface area contributed by atoms with Crippen LogP contribution in [0, 0.1) is 5.41 Å². The molecule has 0 unspecified atom stereocenters. The highest BCUT2D eigenvalue weighted by molar-refractivity contribution is 5.79. The monoisotopic (exact) mass is 266 g/mol. The van der Waals surface area contributed by atoms with Crippen molar-refractivity contribution in [2.75, 3.05) is 6.61 Å². The van der Waals surface area contributed by atoms with Crippen LogP contribution in [0.25, 0.3) is 0 Å². The number of hydrogen-bond donors (Lipinski definition) is 1. The van der Waals surface area contributed by atoms with Gasteiger partial charge in [-0.1, -0.05) is 17.7 Å². The summed E-state index contributed by atoms with van der Waals surface area (Å²) >= 11 is 0. The first-order valence-electron chi connectivity index (χ1n) is 7.06. The molecular formula is C16H26O3. The maximum Gasteiger partial charge on any atom is 0.315 e. The highest BCUT2D eigenvalue weighted by atomic mass is 16.5. The molecule has 3 heteroatoms. The number of rotatable bonds is 6. The van der Waals surface area contributed by atoms with Gasteiger partial charge in [-0.05, 0) is 52.9 Å². The van der Waals surface area contributed by atoms with Crippen LogP contribution in [0.2, 0.25) is 0 Å². The summed E-state index contributed by atoms with van der Waals surface area (Å²) in [4.78, 5) is 12.4. The van der Waals surface area contributed by atoms with Crippen LogP contribution in [-0.2, 0) is 9.53 Å². The first-order chi connectivity index (χ1) is 8.92. The smallest absolute Gasteiger partial charge is 0.315 e. The van der Waals surface area contributed by atoms with Crippen molar-refractivity contribution in [2.45, 2.75) is 58.5 Å². The van der Waals surface area contributed by atoms with Gasteiger partial charge in [0.2, 0.25) is 0 Å². The molecule has 0 aliphatic heterocycles. The second kappa shape index (κ2) is 6.38. The summed E-state index contributed by atoms with van der Waals surface area (Å²) in [6.07, 6.45) is 6.85. The Hall–Kier alpha value is -1.09. The maximum atomic E-state index is 12.4. The largest absolute Gasteiger partial charge is 0.465 e. The Bertz CT molecular complexity index is 368. The van der Waals surface area contributed by atoms with Gasteiger partial charge < -0.3 is 9.84 Å². The molecule has 0 aromatic carbocycles. The van der Waals surface area contributed by atoms with Gasteiger partial charge in [0.05, 0.1) is 12.2 Å². The lowest BCUT2D eigenvalue weighted by atomic mass is 9.70. The van der Waals surface area contributed by atoms with Crippen molar-refractivity contribution in [1.29, 1.82) is 0 Å². The fourth-order valence-corrected chi connectivity index (χ4v) is 3.01. The molecule has 0 radical (unpaired) electrons. The first kappa shape index (κ1) is 16.0. The lowest BCUT2D eigenvalue weighted by Crippen LogP contribution is -2.49. The summed E-state index contributed by atoms with van der Waals surface area (Å²) < 4.78 is 5.24. The van der Waals surface area contributed by atoms with Crippen molar-refractivity contribution in [2.24, 2.45) is 5.41 Å². The average molecular weight is 266 g/mol. The molecule has 0 saturated heterocycles. The first-order valence-corrected chi connectivity index (χ1v) is 7.06. The number of esters is 1. The summed E-state index contributed by atoms with van der Waals surface area (Å²) in [6.45, 7) is 9.86. The SMILES string of the molecule is C=CC[C@@]1(O)CCC[C@@]1(CC=C(C)C)C(=O)OCC. The molecule has 0 aromatic rings. The Balaban J connectivity index is 3.13. The van der Waals surface area contributed by atoms with Crippen LogP contribution in [0.1, 0.15) is 52.9 Å². The lowest BCUT2D eigenvalue weighted by molar-refractivity contribution is -0.170. The quantitative estimate of drug-likeness (QED) is 0.592. The molecule has 1 aliphatic carbocycles. The molecule has 1 N–H and O–H groups in total. The zero-order valence-corrected chi connectivity index (χ0v) is 12.4. The van der Waals surface area contributed by atoms with E-state index in [9.17, 15) is 9.90 Å². The topological polar surface area (TPSA) is 46.5 Å². The third-order valence-corrected chi connectivity index (χ3v) is 4.09. The lowest BCUT2D eigenvalue weighted by Gasteiger charge is -2.39. The number of hydrogen-bond acceptors (Lipinski definition) is 3. The van der Waals surface area contributed by atoms with Gasteiger partial charge in [0.1, 0.15) is 5.41 Å². The van der Waals surface area contributed by atoms with Crippen LogP contribution in [0.4, 0.5) is 0 Å². The third kappa shape index (κ3) is 3.08. The standard InChI is InChI=1S/C16H26O3/c1-5-9-16(18)11-7-10-15(16,12-8-13(3)4)14(17)19-6-2/h5,8,18H,1,6-7,9-12H2,2-4H3/t15-,16-/m1/s1. The Morgan fingerprint density at radius 3 is 2.58 bits per heavy atom. The van der Waals surface area contributed by atoms with E-state index in [4.69, 9.17) is 4.74 Å². The highest BCUT2D eigenvalue weighted by Crippen LogP contribution is 2.52. The maximum absolute atomic E-state index is 12.4. The molecule has 1 saturated carbocycles. The minimum Gasteiger partial charge on any atom is -0.465 e. The molecule has 3 nitrogen and oxygen atoms in total. The number of ether oxygens (including phenoxy) is 1. The van der Waals surface area contributed by atoms with Gasteiger partial charge in [0.15, 0.2) is 0 Å². The van der Waals surface area contributed by atoms with E-state index in [-0.39, 0.29) is 5.97 Å². The fraction of sp³-hybridized carbons (Fsp3) is 0.688. The van der Waals surface area contributed by atoms with Gasteiger partial charge in [-0.3, -0.25) is 4.79 Å². The van der Waals surface area contributed by atoms with Crippen molar-refractivity contribution in [3.8, 4) is 0 Å². The highest BCUT2D eigenvalue weighted by Gasteiger charge is 2.58. The molecular weight excluding hydrogens is 240 g/mol. The van der Waals surface area contributed by atoms with E-state index in [0.29, 0.717) is 32.3 Å². The van der Waals surface area contributed by atoms with Crippen LogP contribution in [0.5, 0.6) is 0 Å². The number of allylic oxidation sites excluding steroid dienone is 2. The van der Waals surface area contributed by atoms with Crippen LogP contribution in [0.3, 0.4) is 0 Å². The van der Waals surface area contributed by atoms with Crippen LogP contribution in [0.15, 0.2) is 24.3 Å². The summed E-state index contributed by atoms with van der Waals surface area (Å²) in [6, 6.07) is 0. The van der Waals surface area contributed by atoms with Crippen LogP contribution >= 0.6 is 0 Å². The minimum absolute atomic E-state index is 0.269. The molecule has 0 aromatic heterocycles. The van der Waals surface area contributed by atoms with Crippen molar-refractivity contribution in [3.63, 3.8) is 0 Å². The van der Waals surface area contributed by atoms with Gasteiger partial charge in [0, 0.05) is 0 Å². The van der Waals surface area contributed by atoms with Crippen molar-refractivity contribution in [3.05, 3.63) is 24.3 Å². The van der Waals surface area contributed by atoms with Gasteiger partial charge >= 0.3 is 5.97 Å². The van der Waals surface area contributed by atoms with E-state index < -0.39 is 11.0 Å². The van der Waals surface area contributed by atoms with Gasteiger partial charge in [-0.25, -0.2) is 0 Å². The number of aliphatic hydroxyl groups is 1. The van der Waals surface area contributed by atoms with Crippen LogP contribution in [-0.4, -0.2) is 23.3 Å². The van der Waals surface area contributed by atoms with E-state index >= 15 is 0 Å². The Kier molecular flexibility index (Phi) is 5.36. The molecule has 1 rings (SSSR count). The molecule has 1 aliphatic rings. The molecule has 0 amide bonds. The summed E-state index contributed by atoms with van der Waals surface area (Å²) in [5, 5.41) is 10.9. The second-order valence-corrected chi connectivity index (χ2v) is 5.67. The van der Waals surface area contributed by atoms with E-state index in [0.717, 1.165) is 12.0 Å². The Morgan fingerprint density at radius 2 is 2.05 bits per heavy atom. The van der Waals surface area contributed by atoms with Crippen LogP contribution < -0.4 is 0 Å². The zero-order chi connectivity index (χ0) is 14.5. The van der Waals surface area contributed by atoms with E-state index in [1.165, 1.54) is 0 Å². The summed E-state index contributed by atoms with van der Waals surface area (Å²) in [7, 11) is 0. The molecule has 0 bridgehead atoms. The molecule has 0 spiro atoms. The Labute approximate surface area is 116 Å². The summed E-state index contributed by atoms with van der Waals surface area (Å²) in [5.41, 5.74) is -0.682. The molecule has 19 heavy (non-hydrogen) atoms. The second-order valence-electron chi connectivity index (χ2n) is 5.67. The number of carbonyl (C=O) groups is 1. The summed E-state index contributed by atoms with van der Waals surface area (Å²) in [5.74, 6) is -0.269. The van der Waals surface area contributed by atoms with Gasteiger partial charge in [0.25, 0.3) is 0 Å². The van der Waals surface area contributed by atoms with E-state index in [1.54, 1.807) is 13.0 Å². The number of carbonyl (C=O) groups excluding carboxylic acids is 1. The molecule has 2 atom stereocenters. The molecule has 0 heterocycles. The normalized spacial score (nSPS) is 29.9. The van der Waals surface area contributed by atoms with Crippen molar-refractivity contribution < 1.29 is 14.6 Å². The van der Waals surface area contributed by atoms with E-state index in [2.05, 4.69) is 6.58 Å². The van der Waals surface area contributed by atoms with Gasteiger partial charge in [-0.15, -0.1) is 6.58 Å². The fourth-order valence-electron chi connectivity index (χ4n) is 3.01.